The highest BCUT2D eigenvalue weighted by Gasteiger charge is 2.16. The number of nitrogens with zero attached hydrogens (tertiary/aromatic N) is 5. The van der Waals surface area contributed by atoms with Crippen molar-refractivity contribution in [1.29, 1.82) is 0 Å². The Kier molecular flexibility index (Phi) is 6.00. The van der Waals surface area contributed by atoms with Crippen LogP contribution in [0, 0.1) is 0 Å². The fourth-order valence-electron chi connectivity index (χ4n) is 2.95. The van der Waals surface area contributed by atoms with Gasteiger partial charge in [0.05, 0.1) is 18.9 Å². The average molecular weight is 404 g/mol. The Labute approximate surface area is 175 Å². The van der Waals surface area contributed by atoms with Crippen molar-refractivity contribution < 1.29 is 4.74 Å². The molecule has 1 aliphatic heterocycles. The number of hydrazone groups is 1. The molecule has 1 aliphatic rings. The van der Waals surface area contributed by atoms with E-state index in [4.69, 9.17) is 10.5 Å². The number of aromatic nitrogens is 3. The van der Waals surface area contributed by atoms with Gasteiger partial charge in [-0.15, -0.1) is 0 Å². The average Bonchev–Trinajstić information content (AvgIpc) is 2.79. The van der Waals surface area contributed by atoms with Crippen LogP contribution in [0.15, 0.2) is 59.7 Å². The highest BCUT2D eigenvalue weighted by Crippen LogP contribution is 2.18. The van der Waals surface area contributed by atoms with Crippen molar-refractivity contribution in [1.82, 2.24) is 15.0 Å². The van der Waals surface area contributed by atoms with Crippen LogP contribution in [-0.4, -0.2) is 47.0 Å². The molecule has 4 N–H and O–H groups in total. The standard InChI is InChI=1S/C21H24N8O/c1-15(16-7-9-17(22)10-8-16)27-28-20-24-19(23-18-5-3-2-4-6-18)25-21(26-20)29-11-13-30-14-12-29/h2-10H,11-14,22H2,1H3,(H2,23,24,25,26,28)/b27-15-. The van der Waals surface area contributed by atoms with E-state index >= 15 is 0 Å². The van der Waals surface area contributed by atoms with E-state index in [0.29, 0.717) is 36.7 Å². The molecule has 2 aromatic carbocycles. The van der Waals surface area contributed by atoms with Crippen LogP contribution in [0.1, 0.15) is 12.5 Å². The third-order valence-corrected chi connectivity index (χ3v) is 4.60. The number of ether oxygens (including phenoxy) is 1. The lowest BCUT2D eigenvalue weighted by Gasteiger charge is -2.27. The second kappa shape index (κ2) is 9.19. The number of benzene rings is 2. The summed E-state index contributed by atoms with van der Waals surface area (Å²) in [6, 6.07) is 17.3. The van der Waals surface area contributed by atoms with E-state index in [1.54, 1.807) is 0 Å². The minimum absolute atomic E-state index is 0.361. The first-order valence-corrected chi connectivity index (χ1v) is 9.74. The lowest BCUT2D eigenvalue weighted by Crippen LogP contribution is -2.37. The van der Waals surface area contributed by atoms with Crippen molar-refractivity contribution in [2.45, 2.75) is 6.92 Å². The highest BCUT2D eigenvalue weighted by atomic mass is 16.5. The predicted octanol–water partition coefficient (Wildman–Crippen LogP) is 2.87. The third-order valence-electron chi connectivity index (χ3n) is 4.60. The first kappa shape index (κ1) is 19.6. The molecular weight excluding hydrogens is 380 g/mol. The van der Waals surface area contributed by atoms with Gasteiger partial charge in [-0.1, -0.05) is 30.3 Å². The fourth-order valence-corrected chi connectivity index (χ4v) is 2.95. The van der Waals surface area contributed by atoms with Crippen molar-refractivity contribution in [2.24, 2.45) is 5.10 Å². The Morgan fingerprint density at radius 3 is 2.40 bits per heavy atom. The molecule has 0 spiro atoms. The van der Waals surface area contributed by atoms with Gasteiger partial charge in [0, 0.05) is 24.5 Å². The van der Waals surface area contributed by atoms with Crippen LogP contribution in [0.25, 0.3) is 0 Å². The Morgan fingerprint density at radius 2 is 1.67 bits per heavy atom. The monoisotopic (exact) mass is 404 g/mol. The van der Waals surface area contributed by atoms with E-state index in [1.165, 1.54) is 0 Å². The van der Waals surface area contributed by atoms with E-state index in [1.807, 2.05) is 61.5 Å². The zero-order valence-corrected chi connectivity index (χ0v) is 16.7. The summed E-state index contributed by atoms with van der Waals surface area (Å²) >= 11 is 0. The molecule has 0 amide bonds. The summed E-state index contributed by atoms with van der Waals surface area (Å²) in [4.78, 5) is 15.7. The van der Waals surface area contributed by atoms with Crippen molar-refractivity contribution in [3.63, 3.8) is 0 Å². The highest BCUT2D eigenvalue weighted by molar-refractivity contribution is 5.99. The molecule has 0 saturated carbocycles. The van der Waals surface area contributed by atoms with Gasteiger partial charge < -0.3 is 20.7 Å². The Hall–Kier alpha value is -3.72. The van der Waals surface area contributed by atoms with Crippen LogP contribution in [-0.2, 0) is 4.74 Å². The molecule has 0 bridgehead atoms. The first-order valence-electron chi connectivity index (χ1n) is 9.74. The summed E-state index contributed by atoms with van der Waals surface area (Å²) in [5.41, 5.74) is 12.1. The first-order chi connectivity index (χ1) is 14.7. The minimum atomic E-state index is 0.361. The molecule has 0 radical (unpaired) electrons. The van der Waals surface area contributed by atoms with Gasteiger partial charge in [0.25, 0.3) is 0 Å². The van der Waals surface area contributed by atoms with E-state index in [2.05, 4.69) is 35.7 Å². The Balaban J connectivity index is 1.59. The number of para-hydroxylation sites is 1. The lowest BCUT2D eigenvalue weighted by molar-refractivity contribution is 0.122. The summed E-state index contributed by atoms with van der Waals surface area (Å²) in [5, 5.41) is 7.66. The van der Waals surface area contributed by atoms with Gasteiger partial charge in [-0.3, -0.25) is 0 Å². The minimum Gasteiger partial charge on any atom is -0.399 e. The summed E-state index contributed by atoms with van der Waals surface area (Å²) in [5.74, 6) is 1.38. The molecule has 2 heterocycles. The van der Waals surface area contributed by atoms with Gasteiger partial charge in [-0.2, -0.15) is 20.1 Å². The lowest BCUT2D eigenvalue weighted by atomic mass is 10.1. The Bertz CT molecular complexity index is 1000. The van der Waals surface area contributed by atoms with Gasteiger partial charge in [-0.05, 0) is 36.8 Å². The summed E-state index contributed by atoms with van der Waals surface area (Å²) in [6.07, 6.45) is 0. The van der Waals surface area contributed by atoms with Crippen LogP contribution in [0.3, 0.4) is 0 Å². The molecule has 1 aromatic heterocycles. The van der Waals surface area contributed by atoms with Gasteiger partial charge in [0.2, 0.25) is 17.8 Å². The normalized spacial score (nSPS) is 14.4. The van der Waals surface area contributed by atoms with Crippen molar-refractivity contribution in [3.05, 3.63) is 60.2 Å². The molecule has 3 aromatic rings. The molecule has 4 rings (SSSR count). The van der Waals surface area contributed by atoms with Gasteiger partial charge in [0.15, 0.2) is 0 Å². The van der Waals surface area contributed by atoms with Gasteiger partial charge in [-0.25, -0.2) is 5.43 Å². The van der Waals surface area contributed by atoms with E-state index in [0.717, 1.165) is 30.1 Å². The van der Waals surface area contributed by atoms with E-state index in [9.17, 15) is 0 Å². The zero-order chi connectivity index (χ0) is 20.8. The number of nitrogen functional groups attached to an aromatic ring is 1. The quantitative estimate of drug-likeness (QED) is 0.326. The van der Waals surface area contributed by atoms with Crippen molar-refractivity contribution >= 4 is 34.9 Å². The molecule has 30 heavy (non-hydrogen) atoms. The Morgan fingerprint density at radius 1 is 0.967 bits per heavy atom. The number of anilines is 5. The van der Waals surface area contributed by atoms with E-state index in [-0.39, 0.29) is 0 Å². The molecule has 0 unspecified atom stereocenters. The fraction of sp³-hybridized carbons (Fsp3) is 0.238. The van der Waals surface area contributed by atoms with Crippen LogP contribution < -0.4 is 21.4 Å². The second-order valence-corrected chi connectivity index (χ2v) is 6.80. The largest absolute Gasteiger partial charge is 0.399 e. The summed E-state index contributed by atoms with van der Waals surface area (Å²) < 4.78 is 5.44. The maximum absolute atomic E-state index is 5.76. The number of nitrogens with one attached hydrogen (secondary N) is 2. The zero-order valence-electron chi connectivity index (χ0n) is 16.7. The number of hydrogen-bond donors (Lipinski definition) is 3. The van der Waals surface area contributed by atoms with Gasteiger partial charge in [0.1, 0.15) is 0 Å². The van der Waals surface area contributed by atoms with Crippen molar-refractivity contribution in [3.8, 4) is 0 Å². The van der Waals surface area contributed by atoms with Crippen LogP contribution in [0.2, 0.25) is 0 Å². The smallest absolute Gasteiger partial charge is 0.250 e. The number of nitrogens with two attached hydrogens (primary N) is 1. The van der Waals surface area contributed by atoms with Crippen LogP contribution >= 0.6 is 0 Å². The summed E-state index contributed by atoms with van der Waals surface area (Å²) in [6.45, 7) is 4.64. The third kappa shape index (κ3) is 5.00. The van der Waals surface area contributed by atoms with Crippen LogP contribution in [0.5, 0.6) is 0 Å². The molecule has 9 nitrogen and oxygen atoms in total. The molecule has 154 valence electrons. The molecular formula is C21H24N8O. The molecule has 1 fully saturated rings. The van der Waals surface area contributed by atoms with Crippen molar-refractivity contribution in [2.75, 3.05) is 47.7 Å². The summed E-state index contributed by atoms with van der Waals surface area (Å²) in [7, 11) is 0. The van der Waals surface area contributed by atoms with Gasteiger partial charge >= 0.3 is 0 Å². The maximum Gasteiger partial charge on any atom is 0.250 e. The topological polar surface area (TPSA) is 114 Å². The second-order valence-electron chi connectivity index (χ2n) is 6.80. The SMILES string of the molecule is C/C(=N/Nc1nc(Nc2ccccc2)nc(N2CCOCC2)n1)c1ccc(N)cc1. The van der Waals surface area contributed by atoms with Crippen LogP contribution in [0.4, 0.5) is 29.2 Å². The number of hydrogen-bond acceptors (Lipinski definition) is 9. The molecule has 0 atom stereocenters. The maximum atomic E-state index is 5.76. The molecule has 9 heteroatoms. The number of rotatable bonds is 6. The predicted molar refractivity (Wildman–Crippen MR) is 119 cm³/mol. The van der Waals surface area contributed by atoms with E-state index < -0.39 is 0 Å². The number of morpholine rings is 1. The molecule has 1 saturated heterocycles. The molecule has 0 aliphatic carbocycles.